The molecule has 45 heavy (non-hydrogen) atoms. The first-order chi connectivity index (χ1) is 20.9. The number of thiol groups is 2. The number of aryl methyl sites for hydroxylation is 3. The third kappa shape index (κ3) is 6.41. The summed E-state index contributed by atoms with van der Waals surface area (Å²) >= 11 is 6.20. The van der Waals surface area contributed by atoms with Crippen molar-refractivity contribution in [3.05, 3.63) is 69.3 Å². The monoisotopic (exact) mass is 683 g/mol. The number of carboxylic acids is 2. The summed E-state index contributed by atoms with van der Waals surface area (Å²) in [5.74, 6) is -0.656. The maximum Gasteiger partial charge on any atom is 2.00 e. The number of allylic oxidation sites excluding steroid dienone is 3. The SMILES string of the molecule is CC1=C(CCC(=O)O)c2cc3[n-]c(cc4nc(cc5[n-]c(cc1n2)c([C@H](C)S)c5C)C([C@@H]1C[SH+]1)=C4C)c(C)c3CCC(=O)O.[Fe+2]. The Balaban J connectivity index is 0.00000400. The topological polar surface area (TPSA) is 129 Å². The summed E-state index contributed by atoms with van der Waals surface area (Å²) < 4.78 is 0. The van der Waals surface area contributed by atoms with Crippen molar-refractivity contribution in [1.82, 2.24) is 19.9 Å². The second kappa shape index (κ2) is 12.9. The largest absolute Gasteiger partial charge is 2.00 e. The van der Waals surface area contributed by atoms with Gasteiger partial charge in [-0.1, -0.05) is 41.0 Å². The van der Waals surface area contributed by atoms with Gasteiger partial charge in [-0.2, -0.15) is 12.6 Å². The van der Waals surface area contributed by atoms with E-state index in [1.807, 2.05) is 39.0 Å². The van der Waals surface area contributed by atoms with Crippen molar-refractivity contribution in [2.75, 3.05) is 5.75 Å². The molecule has 8 nitrogen and oxygen atoms in total. The number of rotatable bonds is 8. The summed E-state index contributed by atoms with van der Waals surface area (Å²) in [4.78, 5) is 43.3. The molecular formula is C34H35FeN4O4S2+. The minimum absolute atomic E-state index is 0. The van der Waals surface area contributed by atoms with Crippen LogP contribution in [-0.4, -0.2) is 43.1 Å². The molecule has 234 valence electrons. The molecule has 3 aromatic heterocycles. The van der Waals surface area contributed by atoms with Gasteiger partial charge in [0, 0.05) is 23.7 Å². The average molecular weight is 684 g/mol. The van der Waals surface area contributed by atoms with Gasteiger partial charge < -0.3 is 20.2 Å². The molecule has 3 aromatic rings. The van der Waals surface area contributed by atoms with Gasteiger partial charge in [0.05, 0.1) is 22.8 Å². The maximum atomic E-state index is 11.6. The van der Waals surface area contributed by atoms with E-state index in [1.54, 1.807) is 0 Å². The van der Waals surface area contributed by atoms with Gasteiger partial charge in [-0.3, -0.25) is 9.59 Å². The van der Waals surface area contributed by atoms with Crippen molar-refractivity contribution >= 4 is 80.7 Å². The van der Waals surface area contributed by atoms with E-state index in [0.29, 0.717) is 35.0 Å². The van der Waals surface area contributed by atoms with E-state index in [1.165, 1.54) is 17.3 Å². The molecule has 2 N–H and O–H groups in total. The second-order valence-electron chi connectivity index (χ2n) is 11.7. The van der Waals surface area contributed by atoms with E-state index in [2.05, 4.69) is 19.9 Å². The molecule has 3 aliphatic heterocycles. The summed E-state index contributed by atoms with van der Waals surface area (Å²) in [6.45, 7) is 10.2. The Labute approximate surface area is 282 Å². The number of fused-ring (bicyclic) bond motifs is 8. The number of carbonyl (C=O) groups is 2. The fraction of sp³-hybridized carbons (Fsp3) is 0.353. The molecule has 8 bridgehead atoms. The van der Waals surface area contributed by atoms with Crippen LogP contribution >= 0.6 is 12.6 Å². The van der Waals surface area contributed by atoms with Gasteiger partial charge in [0.15, 0.2) is 11.0 Å². The molecule has 0 saturated carbocycles. The van der Waals surface area contributed by atoms with Crippen LogP contribution in [0.2, 0.25) is 0 Å². The molecule has 0 unspecified atom stereocenters. The molecule has 0 aromatic carbocycles. The molecule has 6 rings (SSSR count). The Morgan fingerprint density at radius 1 is 0.844 bits per heavy atom. The Hall–Kier alpha value is -3.24. The van der Waals surface area contributed by atoms with E-state index in [9.17, 15) is 19.8 Å². The third-order valence-electron chi connectivity index (χ3n) is 8.77. The minimum atomic E-state index is -0.886. The quantitative estimate of drug-likeness (QED) is 0.112. The van der Waals surface area contributed by atoms with Crippen molar-refractivity contribution < 1.29 is 36.9 Å². The van der Waals surface area contributed by atoms with Gasteiger partial charge in [-0.15, -0.1) is 22.1 Å². The van der Waals surface area contributed by atoms with Crippen LogP contribution in [0.1, 0.15) is 90.3 Å². The molecule has 11 heteroatoms. The molecule has 1 saturated heterocycles. The molecule has 1 fully saturated rings. The summed E-state index contributed by atoms with van der Waals surface area (Å²) in [5.41, 5.74) is 14.1. The minimum Gasteiger partial charge on any atom is -0.657 e. The van der Waals surface area contributed by atoms with Crippen LogP contribution in [0.4, 0.5) is 0 Å². The summed E-state index contributed by atoms with van der Waals surface area (Å²) in [7, 11) is 0. The maximum absolute atomic E-state index is 11.6. The van der Waals surface area contributed by atoms with Gasteiger partial charge in [-0.05, 0) is 81.5 Å². The summed E-state index contributed by atoms with van der Waals surface area (Å²) in [6.07, 6.45) is 0.557. The zero-order valence-corrected chi connectivity index (χ0v) is 28.6. The van der Waals surface area contributed by atoms with E-state index >= 15 is 0 Å². The Kier molecular flexibility index (Phi) is 9.47. The number of aromatic nitrogens is 4. The van der Waals surface area contributed by atoms with E-state index in [4.69, 9.17) is 32.6 Å². The predicted octanol–water partition coefficient (Wildman–Crippen LogP) is 6.12. The van der Waals surface area contributed by atoms with Crippen LogP contribution in [0.3, 0.4) is 0 Å². The van der Waals surface area contributed by atoms with E-state index < -0.39 is 11.9 Å². The average Bonchev–Trinajstić information content (AvgIpc) is 3.49. The van der Waals surface area contributed by atoms with Crippen LogP contribution in [0.15, 0.2) is 24.3 Å². The number of carboxylic acid groups (broad SMARTS) is 2. The van der Waals surface area contributed by atoms with Gasteiger partial charge in [-0.25, -0.2) is 9.97 Å². The van der Waals surface area contributed by atoms with Gasteiger partial charge >= 0.3 is 29.0 Å². The zero-order valence-electron chi connectivity index (χ0n) is 25.7. The Morgan fingerprint density at radius 3 is 2.02 bits per heavy atom. The second-order valence-corrected chi connectivity index (χ2v) is 13.9. The Bertz CT molecular complexity index is 1970. The molecule has 0 amide bonds. The molecule has 0 spiro atoms. The van der Waals surface area contributed by atoms with Crippen LogP contribution in [0, 0.1) is 13.8 Å². The smallest absolute Gasteiger partial charge is 0.657 e. The van der Waals surface area contributed by atoms with Crippen molar-refractivity contribution in [2.45, 2.75) is 70.8 Å². The van der Waals surface area contributed by atoms with Crippen LogP contribution < -0.4 is 9.97 Å². The third-order valence-corrected chi connectivity index (χ3v) is 10.0. The van der Waals surface area contributed by atoms with Gasteiger partial charge in [0.2, 0.25) is 0 Å². The molecular weight excluding hydrogens is 648 g/mol. The summed E-state index contributed by atoms with van der Waals surface area (Å²) in [6, 6.07) is 7.94. The number of aliphatic carboxylic acids is 2. The standard InChI is InChI=1S/C34H36N4O4S2.Fe/c1-15-20(6-8-31(39)40)26-13-27-21(7-9-32(41)42)16(2)23(36-27)11-28-33(19(5)43)17(3)25(37-28)12-29-34(30-14-44-30)18(4)24(38-29)10-22(15)35-26;/h10-13,19,30H,6-9,14H2,1-5H3,(H5,35,36,37,38,39,40,41,42,43);/q;+2/p-1/t19-,30-;/m0./s1. The number of hydrogen-bond donors (Lipinski definition) is 3. The van der Waals surface area contributed by atoms with Crippen LogP contribution in [-0.2, 0) is 44.8 Å². The first-order valence-electron chi connectivity index (χ1n) is 14.8. The van der Waals surface area contributed by atoms with Crippen molar-refractivity contribution in [2.24, 2.45) is 0 Å². The van der Waals surface area contributed by atoms with E-state index in [0.717, 1.165) is 72.7 Å². The molecule has 0 radical (unpaired) electrons. The molecule has 3 aliphatic rings. The van der Waals surface area contributed by atoms with Crippen LogP contribution in [0.5, 0.6) is 0 Å². The zero-order chi connectivity index (χ0) is 31.4. The molecule has 2 atom stereocenters. The van der Waals surface area contributed by atoms with Crippen molar-refractivity contribution in [3.63, 3.8) is 0 Å². The van der Waals surface area contributed by atoms with Crippen molar-refractivity contribution in [3.8, 4) is 0 Å². The predicted molar refractivity (Wildman–Crippen MR) is 181 cm³/mol. The normalized spacial score (nSPS) is 16.5. The number of hydrogen-bond acceptors (Lipinski definition) is 5. The Morgan fingerprint density at radius 2 is 1.38 bits per heavy atom. The fourth-order valence-corrected chi connectivity index (χ4v) is 7.40. The van der Waals surface area contributed by atoms with Crippen LogP contribution in [0.25, 0.3) is 44.4 Å². The summed E-state index contributed by atoms with van der Waals surface area (Å²) in [5, 5.41) is 19.4. The first-order valence-corrected chi connectivity index (χ1v) is 16.4. The first kappa shape index (κ1) is 33.1. The number of nitrogens with zero attached hydrogens (tertiary/aromatic N) is 4. The van der Waals surface area contributed by atoms with E-state index in [-0.39, 0.29) is 35.2 Å². The fourth-order valence-electron chi connectivity index (χ4n) is 6.28. The van der Waals surface area contributed by atoms with Crippen molar-refractivity contribution in [1.29, 1.82) is 0 Å². The van der Waals surface area contributed by atoms with Gasteiger partial charge in [0.1, 0.15) is 0 Å². The molecule has 0 aliphatic carbocycles. The molecule has 6 heterocycles. The van der Waals surface area contributed by atoms with Gasteiger partial charge in [0.25, 0.3) is 0 Å².